The van der Waals surface area contributed by atoms with E-state index >= 15 is 0 Å². The van der Waals surface area contributed by atoms with E-state index < -0.39 is 5.82 Å². The molecule has 0 fully saturated rings. The van der Waals surface area contributed by atoms with E-state index in [1.807, 2.05) is 18.2 Å². The van der Waals surface area contributed by atoms with E-state index in [1.54, 1.807) is 16.7 Å². The van der Waals surface area contributed by atoms with E-state index in [2.05, 4.69) is 19.2 Å². The van der Waals surface area contributed by atoms with E-state index in [4.69, 9.17) is 16.6 Å². The monoisotopic (exact) mass is 360 g/mol. The van der Waals surface area contributed by atoms with Crippen molar-refractivity contribution in [3.63, 3.8) is 0 Å². The van der Waals surface area contributed by atoms with Crippen molar-refractivity contribution in [3.8, 4) is 5.69 Å². The Morgan fingerprint density at radius 3 is 2.68 bits per heavy atom. The lowest BCUT2D eigenvalue weighted by molar-refractivity contribution is -0.694. The van der Waals surface area contributed by atoms with Gasteiger partial charge >= 0.3 is 0 Å². The predicted octanol–water partition coefficient (Wildman–Crippen LogP) is 3.21. The molecule has 25 heavy (non-hydrogen) atoms. The maximum absolute atomic E-state index is 13.6. The SMILES string of the molecule is CC[NH2+][C@@H](CC)c1nc2ccccc2c(=O)n1-c1ccc(F)c(Cl)c1. The first kappa shape index (κ1) is 17.6. The molecule has 0 spiro atoms. The molecule has 0 saturated heterocycles. The third-order valence-electron chi connectivity index (χ3n) is 4.25. The van der Waals surface area contributed by atoms with Crippen LogP contribution in [0.15, 0.2) is 47.3 Å². The summed E-state index contributed by atoms with van der Waals surface area (Å²) in [4.78, 5) is 17.9. The summed E-state index contributed by atoms with van der Waals surface area (Å²) in [7, 11) is 0. The van der Waals surface area contributed by atoms with Crippen LogP contribution in [0.2, 0.25) is 5.02 Å². The third-order valence-corrected chi connectivity index (χ3v) is 4.54. The first-order chi connectivity index (χ1) is 12.1. The molecule has 3 rings (SSSR count). The summed E-state index contributed by atoms with van der Waals surface area (Å²) in [6, 6.07) is 11.6. The van der Waals surface area contributed by atoms with Crippen LogP contribution in [0.4, 0.5) is 4.39 Å². The molecule has 4 nitrogen and oxygen atoms in total. The van der Waals surface area contributed by atoms with E-state index in [9.17, 15) is 9.18 Å². The molecule has 0 unspecified atom stereocenters. The van der Waals surface area contributed by atoms with Crippen molar-refractivity contribution in [2.24, 2.45) is 0 Å². The zero-order valence-electron chi connectivity index (χ0n) is 14.2. The largest absolute Gasteiger partial charge is 0.338 e. The number of benzene rings is 2. The van der Waals surface area contributed by atoms with Gasteiger partial charge < -0.3 is 5.32 Å². The summed E-state index contributed by atoms with van der Waals surface area (Å²) >= 11 is 5.94. The highest BCUT2D eigenvalue weighted by molar-refractivity contribution is 6.30. The first-order valence-corrected chi connectivity index (χ1v) is 8.75. The van der Waals surface area contributed by atoms with Crippen molar-refractivity contribution >= 4 is 22.5 Å². The van der Waals surface area contributed by atoms with Crippen LogP contribution in [0.1, 0.15) is 32.1 Å². The summed E-state index contributed by atoms with van der Waals surface area (Å²) in [5, 5.41) is 2.65. The number of aromatic nitrogens is 2. The van der Waals surface area contributed by atoms with Gasteiger partial charge in [0.25, 0.3) is 5.56 Å². The Hall–Kier alpha value is -2.24. The normalized spacial score (nSPS) is 12.5. The van der Waals surface area contributed by atoms with Crippen LogP contribution in [0.3, 0.4) is 0 Å². The highest BCUT2D eigenvalue weighted by Gasteiger charge is 2.22. The maximum atomic E-state index is 13.6. The van der Waals surface area contributed by atoms with Crippen LogP contribution in [0, 0.1) is 5.82 Å². The fourth-order valence-electron chi connectivity index (χ4n) is 3.01. The fraction of sp³-hybridized carbons (Fsp3) is 0.263. The van der Waals surface area contributed by atoms with Crippen LogP contribution in [0.5, 0.6) is 0 Å². The van der Waals surface area contributed by atoms with Gasteiger partial charge in [0, 0.05) is 6.42 Å². The Morgan fingerprint density at radius 1 is 1.24 bits per heavy atom. The number of para-hydroxylation sites is 1. The number of nitrogens with zero attached hydrogens (tertiary/aromatic N) is 2. The van der Waals surface area contributed by atoms with Crippen molar-refractivity contribution < 1.29 is 9.71 Å². The summed E-state index contributed by atoms with van der Waals surface area (Å²) in [5.41, 5.74) is 1.01. The minimum Gasteiger partial charge on any atom is -0.338 e. The van der Waals surface area contributed by atoms with Gasteiger partial charge in [-0.15, -0.1) is 0 Å². The summed E-state index contributed by atoms with van der Waals surface area (Å²) in [5.74, 6) is 0.136. The average Bonchev–Trinajstić information content (AvgIpc) is 2.62. The van der Waals surface area contributed by atoms with E-state index in [-0.39, 0.29) is 16.6 Å². The summed E-state index contributed by atoms with van der Waals surface area (Å²) in [6.45, 7) is 4.98. The smallest absolute Gasteiger partial charge is 0.266 e. The Morgan fingerprint density at radius 2 is 2.00 bits per heavy atom. The topological polar surface area (TPSA) is 51.5 Å². The van der Waals surface area contributed by atoms with Gasteiger partial charge in [0.05, 0.1) is 28.2 Å². The zero-order chi connectivity index (χ0) is 18.0. The molecule has 0 aliphatic rings. The molecule has 130 valence electrons. The molecule has 0 amide bonds. The Labute approximate surface area is 150 Å². The molecule has 2 aromatic carbocycles. The van der Waals surface area contributed by atoms with Crippen molar-refractivity contribution in [1.82, 2.24) is 9.55 Å². The third kappa shape index (κ3) is 3.30. The molecule has 0 aliphatic heterocycles. The number of rotatable bonds is 5. The molecule has 0 aliphatic carbocycles. The van der Waals surface area contributed by atoms with Gasteiger partial charge in [-0.2, -0.15) is 0 Å². The molecule has 1 heterocycles. The number of nitrogens with two attached hydrogens (primary N) is 1. The highest BCUT2D eigenvalue weighted by atomic mass is 35.5. The Kier molecular flexibility index (Phi) is 5.16. The van der Waals surface area contributed by atoms with E-state index in [1.165, 1.54) is 12.1 Å². The summed E-state index contributed by atoms with van der Waals surface area (Å²) in [6.07, 6.45) is 0.813. The minimum absolute atomic E-state index is 0.0176. The Balaban J connectivity index is 2.35. The maximum Gasteiger partial charge on any atom is 0.266 e. The molecule has 0 saturated carbocycles. The van der Waals surface area contributed by atoms with Crippen molar-refractivity contribution in [2.75, 3.05) is 6.54 Å². The second-order valence-electron chi connectivity index (χ2n) is 5.88. The van der Waals surface area contributed by atoms with Gasteiger partial charge in [0.2, 0.25) is 0 Å². The molecule has 0 radical (unpaired) electrons. The van der Waals surface area contributed by atoms with Gasteiger partial charge in [-0.3, -0.25) is 9.36 Å². The lowest BCUT2D eigenvalue weighted by atomic mass is 10.1. The average molecular weight is 361 g/mol. The van der Waals surface area contributed by atoms with Crippen LogP contribution in [0.25, 0.3) is 16.6 Å². The fourth-order valence-corrected chi connectivity index (χ4v) is 3.19. The number of hydrogen-bond acceptors (Lipinski definition) is 2. The van der Waals surface area contributed by atoms with Crippen molar-refractivity contribution in [2.45, 2.75) is 26.3 Å². The number of fused-ring (bicyclic) bond motifs is 1. The molecule has 2 N–H and O–H groups in total. The highest BCUT2D eigenvalue weighted by Crippen LogP contribution is 2.22. The van der Waals surface area contributed by atoms with Gasteiger partial charge in [0.15, 0.2) is 5.82 Å². The number of halogens is 2. The minimum atomic E-state index is -0.513. The van der Waals surface area contributed by atoms with Crippen molar-refractivity contribution in [1.29, 1.82) is 0 Å². The van der Waals surface area contributed by atoms with Crippen LogP contribution in [-0.2, 0) is 0 Å². The molecule has 0 bridgehead atoms. The summed E-state index contributed by atoms with van der Waals surface area (Å²) < 4.78 is 15.1. The van der Waals surface area contributed by atoms with Crippen molar-refractivity contribution in [3.05, 3.63) is 69.5 Å². The zero-order valence-corrected chi connectivity index (χ0v) is 14.9. The van der Waals surface area contributed by atoms with Gasteiger partial charge in [0.1, 0.15) is 11.9 Å². The molecule has 1 aromatic heterocycles. The lowest BCUT2D eigenvalue weighted by Crippen LogP contribution is -2.85. The van der Waals surface area contributed by atoms with Crippen LogP contribution >= 0.6 is 11.6 Å². The predicted molar refractivity (Wildman–Crippen MR) is 97.8 cm³/mol. The number of hydrogen-bond donors (Lipinski definition) is 1. The molecule has 1 atom stereocenters. The van der Waals surface area contributed by atoms with Gasteiger partial charge in [-0.25, -0.2) is 9.37 Å². The van der Waals surface area contributed by atoms with Gasteiger partial charge in [-0.1, -0.05) is 30.7 Å². The Bertz CT molecular complexity index is 971. The van der Waals surface area contributed by atoms with E-state index in [0.29, 0.717) is 22.4 Å². The number of quaternary nitrogens is 1. The molecule has 6 heteroatoms. The second-order valence-corrected chi connectivity index (χ2v) is 6.29. The molecule has 3 aromatic rings. The standard InChI is InChI=1S/C19H19ClFN3O/c1-3-16(22-4-2)18-23-17-8-6-5-7-13(17)19(25)24(18)12-9-10-15(21)14(20)11-12/h5-11,16,22H,3-4H2,1-2H3/p+1/t16-/m0/s1. The van der Waals surface area contributed by atoms with E-state index in [0.717, 1.165) is 13.0 Å². The van der Waals surface area contributed by atoms with Gasteiger partial charge in [-0.05, 0) is 37.3 Å². The van der Waals surface area contributed by atoms with Crippen LogP contribution < -0.4 is 10.9 Å². The first-order valence-electron chi connectivity index (χ1n) is 8.37. The van der Waals surface area contributed by atoms with Crippen LogP contribution in [-0.4, -0.2) is 16.1 Å². The lowest BCUT2D eigenvalue weighted by Gasteiger charge is -2.19. The quantitative estimate of drug-likeness (QED) is 0.759. The second kappa shape index (κ2) is 7.33. The molecular formula is C19H20ClFN3O+. The molecular weight excluding hydrogens is 341 g/mol.